The van der Waals surface area contributed by atoms with Gasteiger partial charge in [-0.05, 0) is 25.7 Å². The van der Waals surface area contributed by atoms with Crippen LogP contribution in [0.3, 0.4) is 0 Å². The van der Waals surface area contributed by atoms with Crippen molar-refractivity contribution in [1.82, 2.24) is 10.9 Å². The Morgan fingerprint density at radius 2 is 1.93 bits per heavy atom. The molecular formula is C10H19N3O. The molecule has 0 aromatic rings. The summed E-state index contributed by atoms with van der Waals surface area (Å²) in [5.74, 6) is -0.247. The predicted octanol–water partition coefficient (Wildman–Crippen LogP) is 0.431. The van der Waals surface area contributed by atoms with Crippen LogP contribution in [0.25, 0.3) is 0 Å². The van der Waals surface area contributed by atoms with E-state index in [9.17, 15) is 4.79 Å². The molecule has 1 heterocycles. The number of rotatable bonds is 1. The van der Waals surface area contributed by atoms with Gasteiger partial charge in [0, 0.05) is 5.54 Å². The van der Waals surface area contributed by atoms with Gasteiger partial charge in [0.25, 0.3) is 0 Å². The summed E-state index contributed by atoms with van der Waals surface area (Å²) in [7, 11) is 0. The molecular weight excluding hydrogens is 178 g/mol. The number of nitrogens with one attached hydrogen (secondary N) is 2. The summed E-state index contributed by atoms with van der Waals surface area (Å²) in [5.41, 5.74) is 11.9. The number of nitrogens with two attached hydrogens (primary N) is 1. The summed E-state index contributed by atoms with van der Waals surface area (Å²) in [6.45, 7) is 0. The summed E-state index contributed by atoms with van der Waals surface area (Å²) in [5, 5.41) is 0. The van der Waals surface area contributed by atoms with Gasteiger partial charge in [0.15, 0.2) is 0 Å². The van der Waals surface area contributed by atoms with Gasteiger partial charge >= 0.3 is 0 Å². The highest BCUT2D eigenvalue weighted by molar-refractivity contribution is 5.79. The summed E-state index contributed by atoms with van der Waals surface area (Å²) in [6.07, 6.45) is 8.36. The Morgan fingerprint density at radius 1 is 1.21 bits per heavy atom. The third-order valence-electron chi connectivity index (χ3n) is 3.58. The lowest BCUT2D eigenvalue weighted by Gasteiger charge is -2.43. The molecule has 1 unspecified atom stereocenters. The molecule has 14 heavy (non-hydrogen) atoms. The second-order valence-electron chi connectivity index (χ2n) is 4.60. The number of hydrogen-bond donors (Lipinski definition) is 3. The molecule has 0 aromatic carbocycles. The zero-order valence-electron chi connectivity index (χ0n) is 8.51. The molecule has 1 aliphatic carbocycles. The largest absolute Gasteiger partial charge is 0.368 e. The molecule has 0 aromatic heterocycles. The first-order valence-electron chi connectivity index (χ1n) is 5.54. The van der Waals surface area contributed by atoms with Gasteiger partial charge in [-0.3, -0.25) is 10.2 Å². The third kappa shape index (κ3) is 1.91. The minimum atomic E-state index is -0.247. The predicted molar refractivity (Wildman–Crippen MR) is 54.3 cm³/mol. The Morgan fingerprint density at radius 3 is 2.43 bits per heavy atom. The summed E-state index contributed by atoms with van der Waals surface area (Å²) < 4.78 is 0. The zero-order valence-corrected chi connectivity index (χ0v) is 8.51. The number of amides is 1. The van der Waals surface area contributed by atoms with Crippen molar-refractivity contribution in [3.63, 3.8) is 0 Å². The maximum Gasteiger partial charge on any atom is 0.235 e. The van der Waals surface area contributed by atoms with Gasteiger partial charge in [0.05, 0.1) is 6.04 Å². The smallest absolute Gasteiger partial charge is 0.235 e. The fourth-order valence-corrected chi connectivity index (χ4v) is 2.61. The first-order chi connectivity index (χ1) is 6.72. The summed E-state index contributed by atoms with van der Waals surface area (Å²) in [6, 6.07) is -0.178. The van der Waals surface area contributed by atoms with E-state index in [-0.39, 0.29) is 17.5 Å². The van der Waals surface area contributed by atoms with Crippen LogP contribution in [-0.2, 0) is 4.79 Å². The Balaban J connectivity index is 1.90. The van der Waals surface area contributed by atoms with Gasteiger partial charge in [0.2, 0.25) is 5.91 Å². The minimum absolute atomic E-state index is 0.178. The topological polar surface area (TPSA) is 67.2 Å². The van der Waals surface area contributed by atoms with Gasteiger partial charge < -0.3 is 5.73 Å². The van der Waals surface area contributed by atoms with Crippen LogP contribution in [0, 0.1) is 0 Å². The molecule has 2 rings (SSSR count). The number of hydrazine groups is 1. The van der Waals surface area contributed by atoms with E-state index in [1.807, 2.05) is 0 Å². The molecule has 1 spiro atoms. The molecule has 80 valence electrons. The molecule has 1 aliphatic heterocycles. The number of primary amides is 1. The van der Waals surface area contributed by atoms with Crippen molar-refractivity contribution in [2.45, 2.75) is 56.5 Å². The molecule has 0 bridgehead atoms. The van der Waals surface area contributed by atoms with Crippen molar-refractivity contribution in [1.29, 1.82) is 0 Å². The van der Waals surface area contributed by atoms with E-state index in [1.165, 1.54) is 32.1 Å². The fourth-order valence-electron chi connectivity index (χ4n) is 2.61. The van der Waals surface area contributed by atoms with Crippen LogP contribution >= 0.6 is 0 Å². The Labute approximate surface area is 84.6 Å². The first-order valence-corrected chi connectivity index (χ1v) is 5.54. The normalized spacial score (nSPS) is 31.6. The number of carbonyl (C=O) groups is 1. The third-order valence-corrected chi connectivity index (χ3v) is 3.58. The molecule has 4 N–H and O–H groups in total. The van der Waals surface area contributed by atoms with E-state index in [1.54, 1.807) is 0 Å². The van der Waals surface area contributed by atoms with Crippen LogP contribution in [0.4, 0.5) is 0 Å². The molecule has 4 nitrogen and oxygen atoms in total. The first kappa shape index (κ1) is 9.93. The van der Waals surface area contributed by atoms with E-state index in [0.29, 0.717) is 0 Å². The van der Waals surface area contributed by atoms with Crippen LogP contribution in [0.15, 0.2) is 0 Å². The van der Waals surface area contributed by atoms with E-state index in [4.69, 9.17) is 5.73 Å². The van der Waals surface area contributed by atoms with Crippen molar-refractivity contribution in [2.24, 2.45) is 5.73 Å². The fraction of sp³-hybridized carbons (Fsp3) is 0.900. The van der Waals surface area contributed by atoms with E-state index >= 15 is 0 Å². The van der Waals surface area contributed by atoms with Crippen molar-refractivity contribution >= 4 is 5.91 Å². The Hall–Kier alpha value is -0.610. The van der Waals surface area contributed by atoms with E-state index < -0.39 is 0 Å². The maximum atomic E-state index is 10.9. The quantitative estimate of drug-likeness (QED) is 0.571. The van der Waals surface area contributed by atoms with Crippen LogP contribution in [0.2, 0.25) is 0 Å². The highest BCUT2D eigenvalue weighted by atomic mass is 16.1. The number of carbonyl (C=O) groups excluding carboxylic acids is 1. The second kappa shape index (κ2) is 3.87. The standard InChI is InChI=1S/C10H19N3O/c11-9(14)8-4-7-10(13-12-8)5-2-1-3-6-10/h8,12-13H,1-7H2,(H2,11,14). The lowest BCUT2D eigenvalue weighted by atomic mass is 9.77. The monoisotopic (exact) mass is 197 g/mol. The molecule has 1 saturated heterocycles. The van der Waals surface area contributed by atoms with Gasteiger partial charge in [-0.25, -0.2) is 5.43 Å². The SMILES string of the molecule is NC(=O)C1CCC2(CCCCC2)NN1. The van der Waals surface area contributed by atoms with E-state index in [0.717, 1.165) is 12.8 Å². The highest BCUT2D eigenvalue weighted by Crippen LogP contribution is 2.33. The Bertz CT molecular complexity index is 213. The molecule has 1 amide bonds. The molecule has 1 atom stereocenters. The average Bonchev–Trinajstić information content (AvgIpc) is 2.19. The van der Waals surface area contributed by atoms with Crippen LogP contribution in [-0.4, -0.2) is 17.5 Å². The van der Waals surface area contributed by atoms with Crippen molar-refractivity contribution in [2.75, 3.05) is 0 Å². The van der Waals surface area contributed by atoms with Gasteiger partial charge in [-0.1, -0.05) is 19.3 Å². The summed E-state index contributed by atoms with van der Waals surface area (Å²) >= 11 is 0. The lowest BCUT2D eigenvalue weighted by molar-refractivity contribution is -0.121. The summed E-state index contributed by atoms with van der Waals surface area (Å²) in [4.78, 5) is 10.9. The Kier molecular flexibility index (Phi) is 2.74. The van der Waals surface area contributed by atoms with Gasteiger partial charge in [-0.15, -0.1) is 0 Å². The van der Waals surface area contributed by atoms with Crippen molar-refractivity contribution in [3.8, 4) is 0 Å². The lowest BCUT2D eigenvalue weighted by Crippen LogP contribution is -2.63. The average molecular weight is 197 g/mol. The molecule has 2 aliphatic rings. The molecule has 2 fully saturated rings. The highest BCUT2D eigenvalue weighted by Gasteiger charge is 2.36. The molecule has 0 radical (unpaired) electrons. The maximum absolute atomic E-state index is 10.9. The van der Waals surface area contributed by atoms with E-state index in [2.05, 4.69) is 10.9 Å². The van der Waals surface area contributed by atoms with Crippen molar-refractivity contribution in [3.05, 3.63) is 0 Å². The van der Waals surface area contributed by atoms with Gasteiger partial charge in [-0.2, -0.15) is 0 Å². The molecule has 1 saturated carbocycles. The minimum Gasteiger partial charge on any atom is -0.368 e. The number of hydrogen-bond acceptors (Lipinski definition) is 3. The second-order valence-corrected chi connectivity index (χ2v) is 4.60. The van der Waals surface area contributed by atoms with Crippen LogP contribution in [0.5, 0.6) is 0 Å². The zero-order chi connectivity index (χ0) is 10.0. The molecule has 4 heteroatoms. The van der Waals surface area contributed by atoms with Crippen molar-refractivity contribution < 1.29 is 4.79 Å². The van der Waals surface area contributed by atoms with Crippen LogP contribution < -0.4 is 16.6 Å². The van der Waals surface area contributed by atoms with Gasteiger partial charge in [0.1, 0.15) is 0 Å². The van der Waals surface area contributed by atoms with Crippen LogP contribution in [0.1, 0.15) is 44.9 Å².